The van der Waals surface area contributed by atoms with Gasteiger partial charge in [0.15, 0.2) is 0 Å². The maximum absolute atomic E-state index is 11.2. The van der Waals surface area contributed by atoms with Gasteiger partial charge >= 0.3 is 0 Å². The summed E-state index contributed by atoms with van der Waals surface area (Å²) in [7, 11) is -1.83. The van der Waals surface area contributed by atoms with Gasteiger partial charge in [0.25, 0.3) is 0 Å². The first kappa shape index (κ1) is 16.9. The van der Waals surface area contributed by atoms with E-state index in [1.807, 2.05) is 31.2 Å². The Hall–Kier alpha value is -1.11. The van der Waals surface area contributed by atoms with Crippen LogP contribution in [-0.4, -0.2) is 27.9 Å². The molecular weight excluding hydrogens is 278 g/mol. The monoisotopic (exact) mass is 301 g/mol. The number of ether oxygens (including phenoxy) is 2. The summed E-state index contributed by atoms with van der Waals surface area (Å²) in [6.45, 7) is 2.88. The SMILES string of the molecule is CCCC(COc1cccc(COC)c1)CS(N)(=O)=O. The largest absolute Gasteiger partial charge is 0.493 e. The summed E-state index contributed by atoms with van der Waals surface area (Å²) in [5.41, 5.74) is 1.02. The van der Waals surface area contributed by atoms with Gasteiger partial charge in [-0.25, -0.2) is 13.6 Å². The molecule has 0 aromatic heterocycles. The number of sulfonamides is 1. The van der Waals surface area contributed by atoms with E-state index in [0.717, 1.165) is 24.2 Å². The number of nitrogens with two attached hydrogens (primary N) is 1. The minimum absolute atomic E-state index is 0.0431. The topological polar surface area (TPSA) is 78.6 Å². The van der Waals surface area contributed by atoms with Gasteiger partial charge in [-0.05, 0) is 24.1 Å². The fourth-order valence-electron chi connectivity index (χ4n) is 2.06. The van der Waals surface area contributed by atoms with E-state index in [-0.39, 0.29) is 11.7 Å². The Bertz CT molecular complexity index is 502. The molecule has 20 heavy (non-hydrogen) atoms. The Morgan fingerprint density at radius 1 is 1.35 bits per heavy atom. The molecule has 0 bridgehead atoms. The summed E-state index contributed by atoms with van der Waals surface area (Å²) in [4.78, 5) is 0. The molecule has 2 N–H and O–H groups in total. The molecule has 0 amide bonds. The first-order valence-electron chi connectivity index (χ1n) is 6.65. The van der Waals surface area contributed by atoms with E-state index in [9.17, 15) is 8.42 Å². The van der Waals surface area contributed by atoms with Crippen molar-refractivity contribution in [1.82, 2.24) is 0 Å². The third-order valence-electron chi connectivity index (χ3n) is 2.86. The number of hydrogen-bond donors (Lipinski definition) is 1. The number of primary sulfonamides is 1. The van der Waals surface area contributed by atoms with Crippen LogP contribution in [0.4, 0.5) is 0 Å². The van der Waals surface area contributed by atoms with Crippen molar-refractivity contribution in [2.75, 3.05) is 19.5 Å². The summed E-state index contributed by atoms with van der Waals surface area (Å²) in [5.74, 6) is 0.592. The lowest BCUT2D eigenvalue weighted by Gasteiger charge is -2.16. The van der Waals surface area contributed by atoms with Gasteiger partial charge in [-0.3, -0.25) is 0 Å². The highest BCUT2D eigenvalue weighted by molar-refractivity contribution is 7.89. The Balaban J connectivity index is 2.60. The van der Waals surface area contributed by atoms with E-state index < -0.39 is 10.0 Å². The van der Waals surface area contributed by atoms with Gasteiger partial charge in [-0.1, -0.05) is 25.5 Å². The zero-order valence-corrected chi connectivity index (χ0v) is 12.9. The second kappa shape index (κ2) is 8.24. The van der Waals surface area contributed by atoms with Crippen molar-refractivity contribution in [3.63, 3.8) is 0 Å². The summed E-state index contributed by atoms with van der Waals surface area (Å²) in [5, 5.41) is 5.10. The van der Waals surface area contributed by atoms with Gasteiger partial charge in [-0.2, -0.15) is 0 Å². The number of methoxy groups -OCH3 is 1. The molecule has 0 saturated carbocycles. The van der Waals surface area contributed by atoms with Crippen molar-refractivity contribution in [3.8, 4) is 5.75 Å². The van der Waals surface area contributed by atoms with E-state index in [1.165, 1.54) is 0 Å². The van der Waals surface area contributed by atoms with Crippen molar-refractivity contribution in [2.24, 2.45) is 11.1 Å². The molecule has 1 aromatic rings. The molecule has 0 radical (unpaired) electrons. The Kier molecular flexibility index (Phi) is 6.98. The molecule has 0 aliphatic carbocycles. The van der Waals surface area contributed by atoms with E-state index >= 15 is 0 Å². The minimum atomic E-state index is -3.47. The van der Waals surface area contributed by atoms with Gasteiger partial charge in [0.05, 0.1) is 19.0 Å². The zero-order chi connectivity index (χ0) is 15.0. The maximum atomic E-state index is 11.2. The van der Waals surface area contributed by atoms with Crippen LogP contribution in [0.5, 0.6) is 5.75 Å². The highest BCUT2D eigenvalue weighted by Crippen LogP contribution is 2.17. The molecular formula is C14H23NO4S. The molecule has 1 aromatic carbocycles. The Morgan fingerprint density at radius 3 is 2.70 bits per heavy atom. The van der Waals surface area contributed by atoms with E-state index in [4.69, 9.17) is 14.6 Å². The lowest BCUT2D eigenvalue weighted by atomic mass is 10.1. The molecule has 0 aliphatic rings. The normalized spacial score (nSPS) is 13.2. The summed E-state index contributed by atoms with van der Waals surface area (Å²) in [6, 6.07) is 7.57. The summed E-state index contributed by atoms with van der Waals surface area (Å²) in [6.07, 6.45) is 1.67. The van der Waals surface area contributed by atoms with Crippen LogP contribution in [0.15, 0.2) is 24.3 Å². The van der Waals surface area contributed by atoms with Crippen LogP contribution in [0.1, 0.15) is 25.3 Å². The molecule has 114 valence electrons. The van der Waals surface area contributed by atoms with Gasteiger partial charge in [-0.15, -0.1) is 0 Å². The van der Waals surface area contributed by atoms with Gasteiger partial charge in [0.2, 0.25) is 10.0 Å². The van der Waals surface area contributed by atoms with Crippen LogP contribution < -0.4 is 9.88 Å². The second-order valence-electron chi connectivity index (χ2n) is 4.88. The van der Waals surface area contributed by atoms with Gasteiger partial charge < -0.3 is 9.47 Å². The highest BCUT2D eigenvalue weighted by atomic mass is 32.2. The average Bonchev–Trinajstić information content (AvgIpc) is 2.35. The minimum Gasteiger partial charge on any atom is -0.493 e. The summed E-state index contributed by atoms with van der Waals surface area (Å²) < 4.78 is 33.1. The van der Waals surface area contributed by atoms with Crippen LogP contribution in [0, 0.1) is 5.92 Å². The predicted octanol–water partition coefficient (Wildman–Crippen LogP) is 1.92. The van der Waals surface area contributed by atoms with Crippen LogP contribution in [0.2, 0.25) is 0 Å². The second-order valence-corrected chi connectivity index (χ2v) is 6.53. The Morgan fingerprint density at radius 2 is 2.10 bits per heavy atom. The highest BCUT2D eigenvalue weighted by Gasteiger charge is 2.16. The molecule has 0 saturated heterocycles. The van der Waals surface area contributed by atoms with Crippen molar-refractivity contribution >= 4 is 10.0 Å². The van der Waals surface area contributed by atoms with Crippen LogP contribution in [0.3, 0.4) is 0 Å². The zero-order valence-electron chi connectivity index (χ0n) is 12.0. The molecule has 0 heterocycles. The molecule has 1 atom stereocenters. The predicted molar refractivity (Wildman–Crippen MR) is 79.0 cm³/mol. The lowest BCUT2D eigenvalue weighted by molar-refractivity contribution is 0.184. The third kappa shape index (κ3) is 6.88. The van der Waals surface area contributed by atoms with Gasteiger partial charge in [0.1, 0.15) is 5.75 Å². The van der Waals surface area contributed by atoms with Crippen LogP contribution in [0.25, 0.3) is 0 Å². The molecule has 5 nitrogen and oxygen atoms in total. The quantitative estimate of drug-likeness (QED) is 0.755. The standard InChI is InChI=1S/C14H23NO4S/c1-3-5-13(11-20(15,16)17)10-19-14-7-4-6-12(8-14)9-18-2/h4,6-8,13H,3,5,9-11H2,1-2H3,(H2,15,16,17). The molecule has 6 heteroatoms. The van der Waals surface area contributed by atoms with E-state index in [0.29, 0.717) is 13.2 Å². The fourth-order valence-corrected chi connectivity index (χ4v) is 2.98. The fraction of sp³-hybridized carbons (Fsp3) is 0.571. The summed E-state index contributed by atoms with van der Waals surface area (Å²) >= 11 is 0. The molecule has 1 unspecified atom stereocenters. The Labute approximate surface area is 121 Å². The average molecular weight is 301 g/mol. The van der Waals surface area contributed by atoms with Crippen molar-refractivity contribution in [3.05, 3.63) is 29.8 Å². The molecule has 1 rings (SSSR count). The number of benzene rings is 1. The lowest BCUT2D eigenvalue weighted by Crippen LogP contribution is -2.27. The first-order valence-corrected chi connectivity index (χ1v) is 8.37. The third-order valence-corrected chi connectivity index (χ3v) is 3.80. The maximum Gasteiger partial charge on any atom is 0.209 e. The van der Waals surface area contributed by atoms with Crippen LogP contribution >= 0.6 is 0 Å². The smallest absolute Gasteiger partial charge is 0.209 e. The van der Waals surface area contributed by atoms with Gasteiger partial charge in [0, 0.05) is 13.0 Å². The number of hydrogen-bond acceptors (Lipinski definition) is 4. The van der Waals surface area contributed by atoms with Crippen molar-refractivity contribution in [1.29, 1.82) is 0 Å². The van der Waals surface area contributed by atoms with Crippen molar-refractivity contribution in [2.45, 2.75) is 26.4 Å². The molecule has 0 aliphatic heterocycles. The van der Waals surface area contributed by atoms with Crippen LogP contribution in [-0.2, 0) is 21.4 Å². The number of rotatable bonds is 9. The molecule has 0 fully saturated rings. The van der Waals surface area contributed by atoms with E-state index in [2.05, 4.69) is 0 Å². The van der Waals surface area contributed by atoms with E-state index in [1.54, 1.807) is 7.11 Å². The van der Waals surface area contributed by atoms with Crippen molar-refractivity contribution < 1.29 is 17.9 Å². The first-order chi connectivity index (χ1) is 9.44. The molecule has 0 spiro atoms.